The Labute approximate surface area is 109 Å². The van der Waals surface area contributed by atoms with Gasteiger partial charge in [-0.1, -0.05) is 39.0 Å². The van der Waals surface area contributed by atoms with E-state index in [-0.39, 0.29) is 0 Å². The van der Waals surface area contributed by atoms with Crippen LogP contribution in [0.3, 0.4) is 0 Å². The third-order valence-corrected chi connectivity index (χ3v) is 4.15. The molecule has 0 radical (unpaired) electrons. The van der Waals surface area contributed by atoms with E-state index in [1.165, 1.54) is 43.4 Å². The maximum Gasteiger partial charge on any atom is 0.134 e. The van der Waals surface area contributed by atoms with Crippen molar-refractivity contribution in [2.45, 2.75) is 51.5 Å². The zero-order valence-corrected chi connectivity index (χ0v) is 12.1. The molecule has 98 valence electrons. The summed E-state index contributed by atoms with van der Waals surface area (Å²) in [5.41, 5.74) is 0. The van der Waals surface area contributed by atoms with E-state index in [1.807, 2.05) is 7.05 Å². The van der Waals surface area contributed by atoms with Crippen LogP contribution in [0.25, 0.3) is 0 Å². The molecule has 3 heteroatoms. The predicted octanol–water partition coefficient (Wildman–Crippen LogP) is 4.38. The second kappa shape index (κ2) is 8.54. The topological polar surface area (TPSA) is 21.3 Å². The van der Waals surface area contributed by atoms with Gasteiger partial charge in [0.2, 0.25) is 0 Å². The zero-order valence-electron chi connectivity index (χ0n) is 11.3. The first kappa shape index (κ1) is 14.5. The Morgan fingerprint density at radius 2 is 2.06 bits per heavy atom. The van der Waals surface area contributed by atoms with Gasteiger partial charge in [0.1, 0.15) is 5.75 Å². The SMILES string of the molecule is CCCCCCCC(NC)c1sccc1OC. The minimum atomic E-state index is 0.451. The molecule has 0 fully saturated rings. The van der Waals surface area contributed by atoms with E-state index in [1.54, 1.807) is 18.4 Å². The molecule has 17 heavy (non-hydrogen) atoms. The van der Waals surface area contributed by atoms with Gasteiger partial charge in [0.25, 0.3) is 0 Å². The third-order valence-electron chi connectivity index (χ3n) is 3.14. The second-order valence-electron chi connectivity index (χ2n) is 4.40. The highest BCUT2D eigenvalue weighted by molar-refractivity contribution is 7.10. The van der Waals surface area contributed by atoms with Crippen LogP contribution in [0.4, 0.5) is 0 Å². The van der Waals surface area contributed by atoms with Gasteiger partial charge < -0.3 is 10.1 Å². The fourth-order valence-electron chi connectivity index (χ4n) is 2.09. The molecule has 0 amide bonds. The molecule has 1 heterocycles. The van der Waals surface area contributed by atoms with E-state index in [4.69, 9.17) is 4.74 Å². The molecule has 1 rings (SSSR count). The second-order valence-corrected chi connectivity index (χ2v) is 5.35. The van der Waals surface area contributed by atoms with Crippen LogP contribution in [0, 0.1) is 0 Å². The van der Waals surface area contributed by atoms with E-state index in [0.717, 1.165) is 5.75 Å². The monoisotopic (exact) mass is 255 g/mol. The van der Waals surface area contributed by atoms with Crippen molar-refractivity contribution in [3.8, 4) is 5.75 Å². The molecule has 0 aromatic carbocycles. The first-order valence-corrected chi connectivity index (χ1v) is 7.50. The fourth-order valence-corrected chi connectivity index (χ4v) is 3.10. The fraction of sp³-hybridized carbons (Fsp3) is 0.714. The first-order valence-electron chi connectivity index (χ1n) is 6.62. The summed E-state index contributed by atoms with van der Waals surface area (Å²) in [7, 11) is 3.79. The van der Waals surface area contributed by atoms with Gasteiger partial charge in [-0.05, 0) is 24.9 Å². The smallest absolute Gasteiger partial charge is 0.134 e. The van der Waals surface area contributed by atoms with Crippen LogP contribution in [0.2, 0.25) is 0 Å². The van der Waals surface area contributed by atoms with E-state index >= 15 is 0 Å². The van der Waals surface area contributed by atoms with Crippen molar-refractivity contribution < 1.29 is 4.74 Å². The minimum absolute atomic E-state index is 0.451. The van der Waals surface area contributed by atoms with E-state index in [2.05, 4.69) is 23.7 Å². The third kappa shape index (κ3) is 4.68. The predicted molar refractivity (Wildman–Crippen MR) is 76.0 cm³/mol. The Bertz CT molecular complexity index is 298. The number of rotatable bonds is 9. The number of thiophene rings is 1. The van der Waals surface area contributed by atoms with Gasteiger partial charge in [-0.25, -0.2) is 0 Å². The van der Waals surface area contributed by atoms with Crippen molar-refractivity contribution in [1.29, 1.82) is 0 Å². The molecule has 2 nitrogen and oxygen atoms in total. The molecule has 1 aromatic heterocycles. The highest BCUT2D eigenvalue weighted by Crippen LogP contribution is 2.33. The van der Waals surface area contributed by atoms with Gasteiger partial charge in [0.15, 0.2) is 0 Å². The summed E-state index contributed by atoms with van der Waals surface area (Å²) >= 11 is 1.79. The van der Waals surface area contributed by atoms with E-state index in [0.29, 0.717) is 6.04 Å². The molecule has 1 N–H and O–H groups in total. The van der Waals surface area contributed by atoms with Crippen LogP contribution < -0.4 is 10.1 Å². The van der Waals surface area contributed by atoms with Crippen LogP contribution in [-0.2, 0) is 0 Å². The summed E-state index contributed by atoms with van der Waals surface area (Å²) in [6, 6.07) is 2.51. The molecule has 0 bridgehead atoms. The summed E-state index contributed by atoms with van der Waals surface area (Å²) in [4.78, 5) is 1.34. The van der Waals surface area contributed by atoms with Crippen LogP contribution in [0.15, 0.2) is 11.4 Å². The normalized spacial score (nSPS) is 12.6. The van der Waals surface area contributed by atoms with Gasteiger partial charge in [-0.3, -0.25) is 0 Å². The van der Waals surface area contributed by atoms with Gasteiger partial charge in [0, 0.05) is 6.04 Å². The van der Waals surface area contributed by atoms with Crippen LogP contribution in [0.1, 0.15) is 56.4 Å². The van der Waals surface area contributed by atoms with Gasteiger partial charge >= 0.3 is 0 Å². The molecule has 0 aliphatic carbocycles. The van der Waals surface area contributed by atoms with Crippen LogP contribution in [-0.4, -0.2) is 14.2 Å². The average Bonchev–Trinajstić information content (AvgIpc) is 2.82. The number of unbranched alkanes of at least 4 members (excludes halogenated alkanes) is 4. The molecule has 1 unspecified atom stereocenters. The maximum atomic E-state index is 5.38. The standard InChI is InChI=1S/C14H25NOS/c1-4-5-6-7-8-9-12(15-2)14-13(16-3)10-11-17-14/h10-12,15H,4-9H2,1-3H3. The molecule has 0 saturated carbocycles. The maximum absolute atomic E-state index is 5.38. The Balaban J connectivity index is 2.38. The number of ether oxygens (including phenoxy) is 1. The van der Waals surface area contributed by atoms with Crippen molar-refractivity contribution >= 4 is 11.3 Å². The highest BCUT2D eigenvalue weighted by Gasteiger charge is 2.15. The molecule has 0 spiro atoms. The van der Waals surface area contributed by atoms with Crippen molar-refractivity contribution in [3.05, 3.63) is 16.3 Å². The van der Waals surface area contributed by atoms with Crippen LogP contribution >= 0.6 is 11.3 Å². The lowest BCUT2D eigenvalue weighted by Gasteiger charge is -2.16. The first-order chi connectivity index (χ1) is 8.33. The van der Waals surface area contributed by atoms with E-state index < -0.39 is 0 Å². The summed E-state index contributed by atoms with van der Waals surface area (Å²) in [5, 5.41) is 5.51. The summed E-state index contributed by atoms with van der Waals surface area (Å²) in [6.07, 6.45) is 7.90. The Hall–Kier alpha value is -0.540. The van der Waals surface area contributed by atoms with Gasteiger partial charge in [0.05, 0.1) is 12.0 Å². The van der Waals surface area contributed by atoms with Gasteiger partial charge in [-0.2, -0.15) is 0 Å². The van der Waals surface area contributed by atoms with Crippen molar-refractivity contribution in [2.24, 2.45) is 0 Å². The number of nitrogens with one attached hydrogen (secondary N) is 1. The molecule has 0 aliphatic heterocycles. The lowest BCUT2D eigenvalue weighted by molar-refractivity contribution is 0.401. The lowest BCUT2D eigenvalue weighted by Crippen LogP contribution is -2.15. The summed E-state index contributed by atoms with van der Waals surface area (Å²) < 4.78 is 5.38. The van der Waals surface area contributed by atoms with Gasteiger partial charge in [-0.15, -0.1) is 11.3 Å². The lowest BCUT2D eigenvalue weighted by atomic mass is 10.1. The number of methoxy groups -OCH3 is 1. The minimum Gasteiger partial charge on any atom is -0.496 e. The quantitative estimate of drug-likeness (QED) is 0.661. The van der Waals surface area contributed by atoms with Crippen molar-refractivity contribution in [2.75, 3.05) is 14.2 Å². The molecule has 0 aliphatic rings. The van der Waals surface area contributed by atoms with E-state index in [9.17, 15) is 0 Å². The van der Waals surface area contributed by atoms with Crippen molar-refractivity contribution in [1.82, 2.24) is 5.32 Å². The highest BCUT2D eigenvalue weighted by atomic mass is 32.1. The molecular formula is C14H25NOS. The van der Waals surface area contributed by atoms with Crippen molar-refractivity contribution in [3.63, 3.8) is 0 Å². The summed E-state index contributed by atoms with van der Waals surface area (Å²) in [6.45, 7) is 2.26. The molecule has 1 atom stereocenters. The Morgan fingerprint density at radius 3 is 2.71 bits per heavy atom. The molecule has 0 saturated heterocycles. The Morgan fingerprint density at radius 1 is 1.29 bits per heavy atom. The number of hydrogen-bond acceptors (Lipinski definition) is 3. The summed E-state index contributed by atoms with van der Waals surface area (Å²) in [5.74, 6) is 1.03. The average molecular weight is 255 g/mol. The molecule has 1 aromatic rings. The Kier molecular flexibility index (Phi) is 7.29. The largest absolute Gasteiger partial charge is 0.496 e. The molecular weight excluding hydrogens is 230 g/mol. The van der Waals surface area contributed by atoms with Crippen LogP contribution in [0.5, 0.6) is 5.75 Å². The zero-order chi connectivity index (χ0) is 12.5. The number of hydrogen-bond donors (Lipinski definition) is 1.